The molecule has 1 heterocycles. The second kappa shape index (κ2) is 6.24. The lowest BCUT2D eigenvalue weighted by Gasteiger charge is -2.10. The van der Waals surface area contributed by atoms with Crippen LogP contribution in [0.5, 0.6) is 11.5 Å². The van der Waals surface area contributed by atoms with Crippen LogP contribution in [-0.4, -0.2) is 17.2 Å². The summed E-state index contributed by atoms with van der Waals surface area (Å²) in [5.74, 6) is 1.27. The highest BCUT2D eigenvalue weighted by atomic mass is 16.5. The van der Waals surface area contributed by atoms with Crippen molar-refractivity contribution in [3.8, 4) is 17.6 Å². The fourth-order valence-electron chi connectivity index (χ4n) is 2.35. The van der Waals surface area contributed by atoms with Gasteiger partial charge < -0.3 is 15.2 Å². The third-order valence-electron chi connectivity index (χ3n) is 3.58. The fourth-order valence-corrected chi connectivity index (χ4v) is 2.35. The number of ether oxygens (including phenoxy) is 1. The minimum Gasteiger partial charge on any atom is -0.504 e. The zero-order chi connectivity index (χ0) is 16.2. The summed E-state index contributed by atoms with van der Waals surface area (Å²) in [7, 11) is 1.52. The average Bonchev–Trinajstić information content (AvgIpc) is 2.60. The predicted octanol–water partition coefficient (Wildman–Crippen LogP) is 3.43. The van der Waals surface area contributed by atoms with E-state index in [1.165, 1.54) is 7.11 Å². The molecule has 0 atom stereocenters. The molecule has 2 aromatic carbocycles. The molecule has 0 amide bonds. The van der Waals surface area contributed by atoms with E-state index in [1.807, 2.05) is 30.3 Å². The minimum absolute atomic E-state index is 0.127. The number of hydrogen-bond donors (Lipinski definition) is 2. The average molecular weight is 305 g/mol. The summed E-state index contributed by atoms with van der Waals surface area (Å²) in [6.45, 7) is 0.428. The smallest absolute Gasteiger partial charge is 0.162 e. The molecule has 114 valence electrons. The summed E-state index contributed by atoms with van der Waals surface area (Å²) in [5.41, 5.74) is 2.15. The maximum atomic E-state index is 10.1. The Bertz CT molecular complexity index is 900. The highest BCUT2D eigenvalue weighted by Crippen LogP contribution is 2.29. The number of rotatable bonds is 4. The van der Waals surface area contributed by atoms with Crippen LogP contribution in [0.1, 0.15) is 11.1 Å². The molecule has 0 bridgehead atoms. The van der Waals surface area contributed by atoms with E-state index >= 15 is 0 Å². The Labute approximate surface area is 133 Å². The monoisotopic (exact) mass is 305 g/mol. The van der Waals surface area contributed by atoms with Crippen LogP contribution in [-0.2, 0) is 6.54 Å². The van der Waals surface area contributed by atoms with Gasteiger partial charge in [-0.3, -0.25) is 0 Å². The number of phenols is 1. The summed E-state index contributed by atoms with van der Waals surface area (Å²) >= 11 is 0. The van der Waals surface area contributed by atoms with E-state index in [0.717, 1.165) is 16.5 Å². The van der Waals surface area contributed by atoms with Gasteiger partial charge in [-0.15, -0.1) is 0 Å². The molecule has 0 fully saturated rings. The van der Waals surface area contributed by atoms with Crippen molar-refractivity contribution >= 4 is 16.7 Å². The van der Waals surface area contributed by atoms with Crippen molar-refractivity contribution in [1.29, 1.82) is 5.26 Å². The van der Waals surface area contributed by atoms with Crippen molar-refractivity contribution in [2.24, 2.45) is 0 Å². The van der Waals surface area contributed by atoms with Crippen molar-refractivity contribution in [3.05, 3.63) is 59.7 Å². The maximum absolute atomic E-state index is 10.1. The Morgan fingerprint density at radius 3 is 2.87 bits per heavy atom. The second-order valence-electron chi connectivity index (χ2n) is 5.04. The van der Waals surface area contributed by atoms with Crippen LogP contribution < -0.4 is 10.1 Å². The zero-order valence-electron chi connectivity index (χ0n) is 12.6. The van der Waals surface area contributed by atoms with Gasteiger partial charge in [-0.05, 0) is 36.4 Å². The van der Waals surface area contributed by atoms with E-state index in [9.17, 15) is 5.11 Å². The Hall–Kier alpha value is -3.26. The molecule has 0 aliphatic carbocycles. The molecule has 5 nitrogen and oxygen atoms in total. The molecule has 1 aromatic heterocycles. The molecular formula is C18H15N3O2. The highest BCUT2D eigenvalue weighted by Gasteiger charge is 2.07. The number of benzene rings is 2. The van der Waals surface area contributed by atoms with E-state index in [-0.39, 0.29) is 5.75 Å². The zero-order valence-corrected chi connectivity index (χ0v) is 12.6. The summed E-state index contributed by atoms with van der Waals surface area (Å²) < 4.78 is 5.10. The van der Waals surface area contributed by atoms with E-state index in [4.69, 9.17) is 10.00 Å². The maximum Gasteiger partial charge on any atom is 0.162 e. The van der Waals surface area contributed by atoms with Crippen LogP contribution in [0.15, 0.2) is 48.5 Å². The number of anilines is 1. The van der Waals surface area contributed by atoms with Gasteiger partial charge in [-0.2, -0.15) is 5.26 Å². The molecule has 2 N–H and O–H groups in total. The Balaban J connectivity index is 1.81. The van der Waals surface area contributed by atoms with Crippen molar-refractivity contribution in [2.75, 3.05) is 12.4 Å². The van der Waals surface area contributed by atoms with Crippen LogP contribution >= 0.6 is 0 Å². The summed E-state index contributed by atoms with van der Waals surface area (Å²) in [5, 5.41) is 23.1. The van der Waals surface area contributed by atoms with Crippen molar-refractivity contribution < 1.29 is 9.84 Å². The van der Waals surface area contributed by atoms with Gasteiger partial charge in [0.2, 0.25) is 0 Å². The molecule has 0 unspecified atom stereocenters. The summed E-state index contributed by atoms with van der Waals surface area (Å²) in [6, 6.07) is 16.6. The number of phenolic OH excluding ortho intramolecular Hbond substituents is 1. The molecule has 0 radical (unpaired) electrons. The predicted molar refractivity (Wildman–Crippen MR) is 88.4 cm³/mol. The molecule has 0 saturated heterocycles. The lowest BCUT2D eigenvalue weighted by atomic mass is 10.1. The molecule has 0 spiro atoms. The number of hydrogen-bond acceptors (Lipinski definition) is 5. The van der Waals surface area contributed by atoms with Gasteiger partial charge in [-0.1, -0.05) is 12.1 Å². The number of pyridine rings is 1. The van der Waals surface area contributed by atoms with E-state index in [2.05, 4.69) is 16.4 Å². The second-order valence-corrected chi connectivity index (χ2v) is 5.04. The van der Waals surface area contributed by atoms with Gasteiger partial charge in [0, 0.05) is 17.5 Å². The van der Waals surface area contributed by atoms with Crippen LogP contribution in [0.2, 0.25) is 0 Å². The van der Waals surface area contributed by atoms with E-state index in [1.54, 1.807) is 18.2 Å². The lowest BCUT2D eigenvalue weighted by molar-refractivity contribution is 0.371. The van der Waals surface area contributed by atoms with Crippen molar-refractivity contribution in [1.82, 2.24) is 4.98 Å². The first-order valence-electron chi connectivity index (χ1n) is 7.11. The van der Waals surface area contributed by atoms with Gasteiger partial charge in [-0.25, -0.2) is 4.98 Å². The first-order chi connectivity index (χ1) is 11.2. The largest absolute Gasteiger partial charge is 0.504 e. The van der Waals surface area contributed by atoms with Gasteiger partial charge in [0.1, 0.15) is 5.82 Å². The van der Waals surface area contributed by atoms with Crippen LogP contribution in [0.25, 0.3) is 10.9 Å². The number of fused-ring (bicyclic) bond motifs is 1. The SMILES string of the molecule is COc1cccc(CNc2ccc3cc(C#N)ccc3n2)c1O. The fraction of sp³-hybridized carbons (Fsp3) is 0.111. The molecule has 3 aromatic rings. The molecular weight excluding hydrogens is 290 g/mol. The Morgan fingerprint density at radius 2 is 2.09 bits per heavy atom. The first kappa shape index (κ1) is 14.7. The number of para-hydroxylation sites is 1. The van der Waals surface area contributed by atoms with Gasteiger partial charge in [0.15, 0.2) is 11.5 Å². The third-order valence-corrected chi connectivity index (χ3v) is 3.58. The number of aromatic hydroxyl groups is 1. The van der Waals surface area contributed by atoms with E-state index in [0.29, 0.717) is 23.7 Å². The Morgan fingerprint density at radius 1 is 1.22 bits per heavy atom. The highest BCUT2D eigenvalue weighted by molar-refractivity contribution is 5.81. The number of nitrogens with one attached hydrogen (secondary N) is 1. The number of nitriles is 1. The molecule has 23 heavy (non-hydrogen) atoms. The number of aromatic nitrogens is 1. The molecule has 0 aliphatic rings. The third kappa shape index (κ3) is 3.01. The van der Waals surface area contributed by atoms with Gasteiger partial charge in [0.25, 0.3) is 0 Å². The quantitative estimate of drug-likeness (QED) is 0.772. The first-order valence-corrected chi connectivity index (χ1v) is 7.11. The van der Waals surface area contributed by atoms with Crippen LogP contribution in [0, 0.1) is 11.3 Å². The molecule has 0 aliphatic heterocycles. The summed E-state index contributed by atoms with van der Waals surface area (Å²) in [6.07, 6.45) is 0. The summed E-state index contributed by atoms with van der Waals surface area (Å²) in [4.78, 5) is 4.50. The van der Waals surface area contributed by atoms with Gasteiger partial charge in [0.05, 0.1) is 24.3 Å². The molecule has 3 rings (SSSR count). The van der Waals surface area contributed by atoms with Crippen LogP contribution in [0.4, 0.5) is 5.82 Å². The van der Waals surface area contributed by atoms with Crippen molar-refractivity contribution in [3.63, 3.8) is 0 Å². The van der Waals surface area contributed by atoms with Crippen LogP contribution in [0.3, 0.4) is 0 Å². The Kier molecular flexibility index (Phi) is 3.98. The van der Waals surface area contributed by atoms with E-state index < -0.39 is 0 Å². The normalized spacial score (nSPS) is 10.3. The van der Waals surface area contributed by atoms with Crippen molar-refractivity contribution in [2.45, 2.75) is 6.54 Å². The topological polar surface area (TPSA) is 78.2 Å². The molecule has 0 saturated carbocycles. The number of nitrogens with zero attached hydrogens (tertiary/aromatic N) is 2. The standard InChI is InChI=1S/C18H15N3O2/c1-23-16-4-2-3-14(18(16)22)11-20-17-8-6-13-9-12(10-19)5-7-15(13)21-17/h2-9,22H,11H2,1H3,(H,20,21). The number of methoxy groups -OCH3 is 1. The lowest BCUT2D eigenvalue weighted by Crippen LogP contribution is -2.02. The molecule has 5 heteroatoms. The minimum atomic E-state index is 0.127. The van der Waals surface area contributed by atoms with Gasteiger partial charge >= 0.3 is 0 Å².